The van der Waals surface area contributed by atoms with Gasteiger partial charge in [-0.15, -0.1) is 0 Å². The number of likely N-dealkylation sites (N-methyl/N-ethyl adjacent to an activating group) is 1. The number of rotatable bonds is 2. The van der Waals surface area contributed by atoms with Gasteiger partial charge in [-0.25, -0.2) is 0 Å². The number of anilines is 1. The second-order valence-corrected chi connectivity index (χ2v) is 3.74. The van der Waals surface area contributed by atoms with E-state index in [-0.39, 0.29) is 0 Å². The number of pyridine rings is 1. The van der Waals surface area contributed by atoms with Gasteiger partial charge in [0.05, 0.1) is 24.0 Å². The van der Waals surface area contributed by atoms with E-state index < -0.39 is 0 Å². The fourth-order valence-electron chi connectivity index (χ4n) is 1.79. The summed E-state index contributed by atoms with van der Waals surface area (Å²) in [7, 11) is 2.07. The Balaban J connectivity index is 2.18. The van der Waals surface area contributed by atoms with Gasteiger partial charge in [0.1, 0.15) is 0 Å². The van der Waals surface area contributed by atoms with E-state index >= 15 is 0 Å². The van der Waals surface area contributed by atoms with Crippen LogP contribution >= 0.6 is 0 Å². The Morgan fingerprint density at radius 1 is 1.40 bits per heavy atom. The van der Waals surface area contributed by atoms with Gasteiger partial charge in [0, 0.05) is 19.5 Å². The van der Waals surface area contributed by atoms with E-state index in [1.54, 1.807) is 6.20 Å². The van der Waals surface area contributed by atoms with Crippen molar-refractivity contribution in [2.75, 3.05) is 11.9 Å². The maximum Gasteiger partial charge on any atom is 0.0710 e. The van der Waals surface area contributed by atoms with Crippen LogP contribution in [-0.4, -0.2) is 30.3 Å². The molecule has 3 heteroatoms. The molecule has 0 aromatic carbocycles. The molecule has 1 aromatic rings. The highest BCUT2D eigenvalue weighted by atomic mass is 15.2. The third-order valence-corrected chi connectivity index (χ3v) is 2.71. The van der Waals surface area contributed by atoms with Gasteiger partial charge in [-0.1, -0.05) is 6.08 Å². The van der Waals surface area contributed by atoms with E-state index in [0.29, 0.717) is 12.1 Å². The Hall–Kier alpha value is -1.64. The molecule has 1 aromatic heterocycles. The zero-order valence-corrected chi connectivity index (χ0v) is 9.04. The smallest absolute Gasteiger partial charge is 0.0710 e. The molecule has 2 unspecified atom stereocenters. The summed E-state index contributed by atoms with van der Waals surface area (Å²) in [5.41, 5.74) is 1.12. The molecular weight excluding hydrogens is 186 g/mol. The van der Waals surface area contributed by atoms with Crippen molar-refractivity contribution < 1.29 is 0 Å². The summed E-state index contributed by atoms with van der Waals surface area (Å²) in [4.78, 5) is 10.7. The highest BCUT2D eigenvalue weighted by molar-refractivity contribution is 5.73. The summed E-state index contributed by atoms with van der Waals surface area (Å²) in [6.45, 7) is 2.12. The van der Waals surface area contributed by atoms with Crippen molar-refractivity contribution in [2.24, 2.45) is 4.99 Å². The Labute approximate surface area is 90.2 Å². The standard InChI is InChI=1S/C12H15N3/c1-10-12(6-4-8-14-10)15(2)11-5-3-7-13-9-11/h3-10,12H,1-2H3. The molecule has 2 heterocycles. The molecular formula is C12H15N3. The average molecular weight is 201 g/mol. The van der Waals surface area contributed by atoms with Crippen LogP contribution in [0.25, 0.3) is 0 Å². The molecule has 2 rings (SSSR count). The van der Waals surface area contributed by atoms with Crippen molar-refractivity contribution in [3.05, 3.63) is 36.7 Å². The SMILES string of the molecule is CC1N=CC=CC1N(C)c1cccnc1. The number of nitrogens with zero attached hydrogens (tertiary/aromatic N) is 3. The molecule has 0 amide bonds. The van der Waals surface area contributed by atoms with Gasteiger partial charge in [-0.2, -0.15) is 0 Å². The lowest BCUT2D eigenvalue weighted by molar-refractivity contribution is 0.617. The minimum absolute atomic E-state index is 0.292. The summed E-state index contributed by atoms with van der Waals surface area (Å²) in [5.74, 6) is 0. The molecule has 78 valence electrons. The van der Waals surface area contributed by atoms with Gasteiger partial charge in [-0.3, -0.25) is 9.98 Å². The summed E-state index contributed by atoms with van der Waals surface area (Å²) < 4.78 is 0. The van der Waals surface area contributed by atoms with Crippen molar-refractivity contribution in [3.8, 4) is 0 Å². The van der Waals surface area contributed by atoms with Crippen molar-refractivity contribution in [2.45, 2.75) is 19.0 Å². The fourth-order valence-corrected chi connectivity index (χ4v) is 1.79. The molecule has 1 aliphatic rings. The van der Waals surface area contributed by atoms with Crippen LogP contribution in [0, 0.1) is 0 Å². The zero-order valence-electron chi connectivity index (χ0n) is 9.04. The third-order valence-electron chi connectivity index (χ3n) is 2.71. The van der Waals surface area contributed by atoms with Gasteiger partial charge >= 0.3 is 0 Å². The predicted molar refractivity (Wildman–Crippen MR) is 63.5 cm³/mol. The number of hydrogen-bond donors (Lipinski definition) is 0. The second-order valence-electron chi connectivity index (χ2n) is 3.74. The normalized spacial score (nSPS) is 24.1. The Bertz CT molecular complexity index is 370. The van der Waals surface area contributed by atoms with Gasteiger partial charge in [0.25, 0.3) is 0 Å². The lowest BCUT2D eigenvalue weighted by Gasteiger charge is -2.31. The number of allylic oxidation sites excluding steroid dienone is 1. The van der Waals surface area contributed by atoms with Crippen LogP contribution in [0.15, 0.2) is 41.7 Å². The lowest BCUT2D eigenvalue weighted by Crippen LogP contribution is -2.38. The first-order valence-corrected chi connectivity index (χ1v) is 5.12. The highest BCUT2D eigenvalue weighted by Gasteiger charge is 2.19. The molecule has 0 spiro atoms. The van der Waals surface area contributed by atoms with E-state index in [1.165, 1.54) is 0 Å². The Kier molecular flexibility index (Phi) is 2.81. The van der Waals surface area contributed by atoms with Gasteiger partial charge in [0.15, 0.2) is 0 Å². The number of dihydropyridines is 1. The monoisotopic (exact) mass is 201 g/mol. The third kappa shape index (κ3) is 2.06. The summed E-state index contributed by atoms with van der Waals surface area (Å²) in [6, 6.07) is 4.62. The first kappa shape index (κ1) is 9.90. The summed E-state index contributed by atoms with van der Waals surface area (Å²) in [6.07, 6.45) is 9.69. The summed E-state index contributed by atoms with van der Waals surface area (Å²) in [5, 5.41) is 0. The Morgan fingerprint density at radius 2 is 2.27 bits per heavy atom. The number of aliphatic imine (C=N–C) groups is 1. The fraction of sp³-hybridized carbons (Fsp3) is 0.333. The molecule has 0 aliphatic carbocycles. The van der Waals surface area contributed by atoms with E-state index in [4.69, 9.17) is 0 Å². The van der Waals surface area contributed by atoms with Crippen molar-refractivity contribution in [1.29, 1.82) is 0 Å². The van der Waals surface area contributed by atoms with Crippen LogP contribution in [0.1, 0.15) is 6.92 Å². The molecule has 0 radical (unpaired) electrons. The van der Waals surface area contributed by atoms with Crippen LogP contribution in [0.4, 0.5) is 5.69 Å². The number of hydrogen-bond acceptors (Lipinski definition) is 3. The van der Waals surface area contributed by atoms with Crippen molar-refractivity contribution in [1.82, 2.24) is 4.98 Å². The van der Waals surface area contributed by atoms with Crippen LogP contribution in [0.5, 0.6) is 0 Å². The van der Waals surface area contributed by atoms with Gasteiger partial charge < -0.3 is 4.90 Å². The summed E-state index contributed by atoms with van der Waals surface area (Å²) >= 11 is 0. The van der Waals surface area contributed by atoms with Crippen LogP contribution < -0.4 is 4.90 Å². The minimum atomic E-state index is 0.292. The van der Waals surface area contributed by atoms with Crippen LogP contribution in [0.2, 0.25) is 0 Å². The maximum atomic E-state index is 4.38. The molecule has 0 N–H and O–H groups in total. The maximum absolute atomic E-state index is 4.38. The molecule has 1 aliphatic heterocycles. The largest absolute Gasteiger partial charge is 0.365 e. The first-order chi connectivity index (χ1) is 7.29. The number of aromatic nitrogens is 1. The topological polar surface area (TPSA) is 28.5 Å². The zero-order chi connectivity index (χ0) is 10.7. The van der Waals surface area contributed by atoms with Crippen LogP contribution in [0.3, 0.4) is 0 Å². The van der Waals surface area contributed by atoms with Gasteiger partial charge in [0.2, 0.25) is 0 Å². The minimum Gasteiger partial charge on any atom is -0.365 e. The Morgan fingerprint density at radius 3 is 2.93 bits per heavy atom. The molecule has 0 saturated heterocycles. The van der Waals surface area contributed by atoms with Crippen molar-refractivity contribution in [3.63, 3.8) is 0 Å². The van der Waals surface area contributed by atoms with Crippen molar-refractivity contribution >= 4 is 11.9 Å². The quantitative estimate of drug-likeness (QED) is 0.731. The molecule has 2 atom stereocenters. The van der Waals surface area contributed by atoms with E-state index in [9.17, 15) is 0 Å². The van der Waals surface area contributed by atoms with E-state index in [1.807, 2.05) is 24.6 Å². The second kappa shape index (κ2) is 4.26. The average Bonchev–Trinajstić information content (AvgIpc) is 2.30. The predicted octanol–water partition coefficient (Wildman–Crippen LogP) is 1.92. The van der Waals surface area contributed by atoms with E-state index in [2.05, 4.69) is 41.0 Å². The lowest BCUT2D eigenvalue weighted by atomic mass is 10.1. The van der Waals surface area contributed by atoms with Crippen LogP contribution in [-0.2, 0) is 0 Å². The molecule has 0 fully saturated rings. The van der Waals surface area contributed by atoms with Gasteiger partial charge in [-0.05, 0) is 25.1 Å². The molecule has 15 heavy (non-hydrogen) atoms. The molecule has 0 saturated carbocycles. The first-order valence-electron chi connectivity index (χ1n) is 5.12. The highest BCUT2D eigenvalue weighted by Crippen LogP contribution is 2.18. The van der Waals surface area contributed by atoms with E-state index in [0.717, 1.165) is 5.69 Å². The molecule has 0 bridgehead atoms. The molecule has 3 nitrogen and oxygen atoms in total.